The topological polar surface area (TPSA) is 35.5 Å². The molecule has 3 rings (SSSR count). The van der Waals surface area contributed by atoms with Gasteiger partial charge in [0.25, 0.3) is 0 Å². The second-order valence-corrected chi connectivity index (χ2v) is 9.14. The zero-order chi connectivity index (χ0) is 23.5. The molecule has 0 saturated heterocycles. The molecule has 2 aromatic carbocycles. The standard InChI is InChI=1S/C28H36F2O3/c1-2-3-4-5-6-7-8-21-9-11-22(12-10-21)23-13-17-25(18-14-23)32-27(31)24-15-19-26(20-16-24)33-28(29)30/h13-22,28H,2-12H2,1H3. The van der Waals surface area contributed by atoms with Crippen molar-refractivity contribution >= 4 is 5.97 Å². The number of rotatable bonds is 12. The first-order valence-electron chi connectivity index (χ1n) is 12.4. The molecule has 1 aliphatic carbocycles. The van der Waals surface area contributed by atoms with Gasteiger partial charge in [-0.05, 0) is 79.5 Å². The van der Waals surface area contributed by atoms with Crippen LogP contribution < -0.4 is 9.47 Å². The number of carbonyl (C=O) groups is 1. The molecule has 0 amide bonds. The second-order valence-electron chi connectivity index (χ2n) is 9.14. The lowest BCUT2D eigenvalue weighted by Gasteiger charge is -2.29. The molecule has 2 aromatic rings. The number of hydrogen-bond donors (Lipinski definition) is 0. The van der Waals surface area contributed by atoms with Crippen LogP contribution in [-0.4, -0.2) is 12.6 Å². The molecule has 1 saturated carbocycles. The first-order chi connectivity index (χ1) is 16.0. The van der Waals surface area contributed by atoms with Crippen LogP contribution >= 0.6 is 0 Å². The molecule has 0 radical (unpaired) electrons. The summed E-state index contributed by atoms with van der Waals surface area (Å²) in [5, 5.41) is 0. The van der Waals surface area contributed by atoms with Gasteiger partial charge in [0.2, 0.25) is 0 Å². The van der Waals surface area contributed by atoms with E-state index in [4.69, 9.17) is 4.74 Å². The number of hydrogen-bond acceptors (Lipinski definition) is 3. The minimum Gasteiger partial charge on any atom is -0.435 e. The molecule has 33 heavy (non-hydrogen) atoms. The van der Waals surface area contributed by atoms with E-state index in [0.717, 1.165) is 5.92 Å². The molecule has 1 aliphatic rings. The number of esters is 1. The van der Waals surface area contributed by atoms with Crippen molar-refractivity contribution in [2.45, 2.75) is 90.1 Å². The zero-order valence-electron chi connectivity index (χ0n) is 19.6. The molecule has 0 heterocycles. The Hall–Kier alpha value is -2.43. The van der Waals surface area contributed by atoms with Gasteiger partial charge in [0.05, 0.1) is 5.56 Å². The average Bonchev–Trinajstić information content (AvgIpc) is 2.82. The van der Waals surface area contributed by atoms with Crippen molar-refractivity contribution in [3.05, 3.63) is 59.7 Å². The summed E-state index contributed by atoms with van der Waals surface area (Å²) in [6, 6.07) is 13.3. The van der Waals surface area contributed by atoms with Crippen molar-refractivity contribution in [3.8, 4) is 11.5 Å². The monoisotopic (exact) mass is 458 g/mol. The Balaban J connectivity index is 1.41. The van der Waals surface area contributed by atoms with Crippen molar-refractivity contribution in [2.24, 2.45) is 5.92 Å². The van der Waals surface area contributed by atoms with Gasteiger partial charge in [0.1, 0.15) is 11.5 Å². The van der Waals surface area contributed by atoms with Gasteiger partial charge in [-0.15, -0.1) is 0 Å². The predicted molar refractivity (Wildman–Crippen MR) is 127 cm³/mol. The maximum absolute atomic E-state index is 12.3. The minimum atomic E-state index is -2.89. The first kappa shape index (κ1) is 25.2. The third-order valence-corrected chi connectivity index (χ3v) is 6.69. The van der Waals surface area contributed by atoms with Crippen LogP contribution in [0.25, 0.3) is 0 Å². The Morgan fingerprint density at radius 2 is 1.45 bits per heavy atom. The van der Waals surface area contributed by atoms with E-state index < -0.39 is 12.6 Å². The van der Waals surface area contributed by atoms with Gasteiger partial charge in [0, 0.05) is 0 Å². The molecule has 0 N–H and O–H groups in total. The number of halogens is 2. The Kier molecular flexibility index (Phi) is 10.2. The van der Waals surface area contributed by atoms with Gasteiger partial charge in [-0.1, -0.05) is 64.0 Å². The molecule has 0 atom stereocenters. The van der Waals surface area contributed by atoms with Crippen LogP contribution in [0.15, 0.2) is 48.5 Å². The first-order valence-corrected chi connectivity index (χ1v) is 12.4. The number of benzene rings is 2. The third-order valence-electron chi connectivity index (χ3n) is 6.69. The van der Waals surface area contributed by atoms with E-state index >= 15 is 0 Å². The number of alkyl halides is 2. The van der Waals surface area contributed by atoms with E-state index in [1.54, 1.807) is 0 Å². The summed E-state index contributed by atoms with van der Waals surface area (Å²) in [5.74, 6) is 1.42. The summed E-state index contributed by atoms with van der Waals surface area (Å²) < 4.78 is 34.2. The zero-order valence-corrected chi connectivity index (χ0v) is 19.6. The summed E-state index contributed by atoms with van der Waals surface area (Å²) in [6.07, 6.45) is 14.7. The molecular weight excluding hydrogens is 422 g/mol. The van der Waals surface area contributed by atoms with Gasteiger partial charge in [0.15, 0.2) is 0 Å². The van der Waals surface area contributed by atoms with Gasteiger partial charge in [-0.3, -0.25) is 0 Å². The maximum atomic E-state index is 12.3. The fourth-order valence-corrected chi connectivity index (χ4v) is 4.74. The average molecular weight is 459 g/mol. The summed E-state index contributed by atoms with van der Waals surface area (Å²) >= 11 is 0. The lowest BCUT2D eigenvalue weighted by atomic mass is 9.77. The fraction of sp³-hybridized carbons (Fsp3) is 0.536. The third kappa shape index (κ3) is 8.45. The van der Waals surface area contributed by atoms with E-state index in [0.29, 0.717) is 11.7 Å². The molecular formula is C28H36F2O3. The van der Waals surface area contributed by atoms with Crippen LogP contribution in [0.4, 0.5) is 8.78 Å². The van der Waals surface area contributed by atoms with Gasteiger partial charge < -0.3 is 9.47 Å². The van der Waals surface area contributed by atoms with Crippen molar-refractivity contribution in [2.75, 3.05) is 0 Å². The molecule has 0 bridgehead atoms. The number of unbranched alkanes of at least 4 members (excludes halogenated alkanes) is 5. The van der Waals surface area contributed by atoms with Crippen molar-refractivity contribution in [3.63, 3.8) is 0 Å². The Bertz CT molecular complexity index is 825. The maximum Gasteiger partial charge on any atom is 0.387 e. The van der Waals surface area contributed by atoms with Crippen LogP contribution in [-0.2, 0) is 0 Å². The van der Waals surface area contributed by atoms with Crippen LogP contribution in [0, 0.1) is 5.92 Å². The molecule has 1 fully saturated rings. The van der Waals surface area contributed by atoms with Crippen molar-refractivity contribution < 1.29 is 23.0 Å². The fourth-order valence-electron chi connectivity index (χ4n) is 4.74. The van der Waals surface area contributed by atoms with Crippen molar-refractivity contribution in [1.29, 1.82) is 0 Å². The molecule has 0 unspecified atom stereocenters. The Morgan fingerprint density at radius 3 is 2.09 bits per heavy atom. The van der Waals surface area contributed by atoms with E-state index in [-0.39, 0.29) is 11.3 Å². The number of carbonyl (C=O) groups excluding carboxylic acids is 1. The van der Waals surface area contributed by atoms with Crippen LogP contribution in [0.5, 0.6) is 11.5 Å². The predicted octanol–water partition coefficient (Wildman–Crippen LogP) is 8.53. The molecule has 5 heteroatoms. The Labute approximate surface area is 196 Å². The highest BCUT2D eigenvalue weighted by Gasteiger charge is 2.22. The van der Waals surface area contributed by atoms with Gasteiger partial charge >= 0.3 is 12.6 Å². The highest BCUT2D eigenvalue weighted by atomic mass is 19.3. The van der Waals surface area contributed by atoms with Crippen molar-refractivity contribution in [1.82, 2.24) is 0 Å². The largest absolute Gasteiger partial charge is 0.435 e. The van der Waals surface area contributed by atoms with E-state index in [1.807, 2.05) is 12.1 Å². The SMILES string of the molecule is CCCCCCCCC1CCC(c2ccc(OC(=O)c3ccc(OC(F)F)cc3)cc2)CC1. The molecule has 0 aliphatic heterocycles. The second kappa shape index (κ2) is 13.3. The quantitative estimate of drug-likeness (QED) is 0.182. The Morgan fingerprint density at radius 1 is 0.848 bits per heavy atom. The molecule has 0 aromatic heterocycles. The van der Waals surface area contributed by atoms with Crippen LogP contribution in [0.1, 0.15) is 99.4 Å². The summed E-state index contributed by atoms with van der Waals surface area (Å²) in [5.41, 5.74) is 1.59. The van der Waals surface area contributed by atoms with E-state index in [1.165, 1.54) is 100 Å². The molecule has 180 valence electrons. The normalized spacial score (nSPS) is 18.3. The smallest absolute Gasteiger partial charge is 0.387 e. The van der Waals surface area contributed by atoms with Gasteiger partial charge in [-0.25, -0.2) is 4.79 Å². The highest BCUT2D eigenvalue weighted by Crippen LogP contribution is 2.38. The lowest BCUT2D eigenvalue weighted by molar-refractivity contribution is -0.0498. The summed E-state index contributed by atoms with van der Waals surface area (Å²) in [7, 11) is 0. The summed E-state index contributed by atoms with van der Waals surface area (Å²) in [4.78, 5) is 12.3. The number of ether oxygens (including phenoxy) is 2. The van der Waals surface area contributed by atoms with E-state index in [9.17, 15) is 13.6 Å². The van der Waals surface area contributed by atoms with Gasteiger partial charge in [-0.2, -0.15) is 8.78 Å². The lowest BCUT2D eigenvalue weighted by Crippen LogP contribution is -2.13. The van der Waals surface area contributed by atoms with E-state index in [2.05, 4.69) is 23.8 Å². The molecule has 3 nitrogen and oxygen atoms in total. The summed E-state index contributed by atoms with van der Waals surface area (Å²) in [6.45, 7) is -0.631. The molecule has 0 spiro atoms. The van der Waals surface area contributed by atoms with Crippen LogP contribution in [0.2, 0.25) is 0 Å². The minimum absolute atomic E-state index is 0.00703. The van der Waals surface area contributed by atoms with Crippen LogP contribution in [0.3, 0.4) is 0 Å². The highest BCUT2D eigenvalue weighted by molar-refractivity contribution is 5.91.